The van der Waals surface area contributed by atoms with E-state index in [4.69, 9.17) is 5.73 Å². The Balaban J connectivity index is 4.36. The van der Waals surface area contributed by atoms with E-state index in [1.54, 1.807) is 13.1 Å². The second-order valence-corrected chi connectivity index (χ2v) is 1.41. The Bertz CT molecular complexity index is 146. The summed E-state index contributed by atoms with van der Waals surface area (Å²) in [5.74, 6) is 0.368. The standard InChI is InChI=1S/C6H11N3/c1-4-5(8-2)6(7)9-3/h4,8H,1,3,7H2,2H3/b6-5+. The van der Waals surface area contributed by atoms with Crippen molar-refractivity contribution in [3.05, 3.63) is 24.2 Å². The van der Waals surface area contributed by atoms with E-state index in [0.717, 1.165) is 0 Å². The summed E-state index contributed by atoms with van der Waals surface area (Å²) in [4.78, 5) is 3.50. The van der Waals surface area contributed by atoms with E-state index in [0.29, 0.717) is 11.5 Å². The first kappa shape index (κ1) is 7.75. The summed E-state index contributed by atoms with van der Waals surface area (Å²) in [5, 5.41) is 2.81. The highest BCUT2D eigenvalue weighted by molar-refractivity contribution is 5.31. The highest BCUT2D eigenvalue weighted by atomic mass is 14.9. The molecule has 9 heavy (non-hydrogen) atoms. The number of likely N-dealkylation sites (N-methyl/N-ethyl adjacent to an activating group) is 1. The lowest BCUT2D eigenvalue weighted by molar-refractivity contribution is 0.983. The molecule has 0 unspecified atom stereocenters. The van der Waals surface area contributed by atoms with Gasteiger partial charge in [0.05, 0.1) is 5.70 Å². The normalized spacial score (nSPS) is 11.7. The van der Waals surface area contributed by atoms with E-state index in [1.807, 2.05) is 0 Å². The van der Waals surface area contributed by atoms with Crippen LogP contribution >= 0.6 is 0 Å². The first-order valence-electron chi connectivity index (χ1n) is 2.53. The fraction of sp³-hybridized carbons (Fsp3) is 0.167. The molecule has 0 rings (SSSR count). The second kappa shape index (κ2) is 3.72. The van der Waals surface area contributed by atoms with E-state index >= 15 is 0 Å². The summed E-state index contributed by atoms with van der Waals surface area (Å²) in [5.41, 5.74) is 6.05. The van der Waals surface area contributed by atoms with Gasteiger partial charge in [-0.25, -0.2) is 4.99 Å². The second-order valence-electron chi connectivity index (χ2n) is 1.41. The van der Waals surface area contributed by atoms with Crippen molar-refractivity contribution in [2.75, 3.05) is 7.05 Å². The Morgan fingerprint density at radius 2 is 2.33 bits per heavy atom. The van der Waals surface area contributed by atoms with Crippen LogP contribution in [-0.4, -0.2) is 13.8 Å². The lowest BCUT2D eigenvalue weighted by atomic mass is 10.4. The van der Waals surface area contributed by atoms with Crippen molar-refractivity contribution in [3.63, 3.8) is 0 Å². The molecule has 0 saturated carbocycles. The van der Waals surface area contributed by atoms with Gasteiger partial charge in [0.25, 0.3) is 0 Å². The average Bonchev–Trinajstić information content (AvgIpc) is 1.90. The number of hydrogen-bond donors (Lipinski definition) is 2. The molecule has 0 aromatic carbocycles. The van der Waals surface area contributed by atoms with Crippen LogP contribution in [0, 0.1) is 0 Å². The minimum atomic E-state index is 0.368. The zero-order valence-electron chi connectivity index (χ0n) is 5.52. The maximum Gasteiger partial charge on any atom is 0.146 e. The molecule has 0 atom stereocenters. The molecule has 3 N–H and O–H groups in total. The van der Waals surface area contributed by atoms with Gasteiger partial charge in [-0.1, -0.05) is 6.58 Å². The van der Waals surface area contributed by atoms with Gasteiger partial charge in [-0.3, -0.25) is 0 Å². The molecule has 0 bridgehead atoms. The first-order valence-corrected chi connectivity index (χ1v) is 2.53. The fourth-order valence-corrected chi connectivity index (χ4v) is 0.420. The smallest absolute Gasteiger partial charge is 0.146 e. The third-order valence-corrected chi connectivity index (χ3v) is 0.920. The topological polar surface area (TPSA) is 50.4 Å². The summed E-state index contributed by atoms with van der Waals surface area (Å²) >= 11 is 0. The zero-order valence-corrected chi connectivity index (χ0v) is 5.52. The number of nitrogens with one attached hydrogen (secondary N) is 1. The van der Waals surface area contributed by atoms with Gasteiger partial charge in [0.2, 0.25) is 0 Å². The monoisotopic (exact) mass is 125 g/mol. The molecule has 0 amide bonds. The third kappa shape index (κ3) is 1.99. The van der Waals surface area contributed by atoms with E-state index < -0.39 is 0 Å². The van der Waals surface area contributed by atoms with Crippen molar-refractivity contribution >= 4 is 6.72 Å². The lowest BCUT2D eigenvalue weighted by Crippen LogP contribution is -2.10. The highest BCUT2D eigenvalue weighted by Gasteiger charge is 1.89. The minimum absolute atomic E-state index is 0.368. The van der Waals surface area contributed by atoms with Crippen molar-refractivity contribution in [3.8, 4) is 0 Å². The lowest BCUT2D eigenvalue weighted by Gasteiger charge is -2.00. The van der Waals surface area contributed by atoms with Gasteiger partial charge in [0.1, 0.15) is 5.82 Å². The van der Waals surface area contributed by atoms with Crippen LogP contribution in [0.3, 0.4) is 0 Å². The van der Waals surface area contributed by atoms with Crippen molar-refractivity contribution in [2.45, 2.75) is 0 Å². The zero-order chi connectivity index (χ0) is 7.28. The van der Waals surface area contributed by atoms with Gasteiger partial charge in [0.15, 0.2) is 0 Å². The number of allylic oxidation sites excluding steroid dienone is 1. The predicted molar refractivity (Wildman–Crippen MR) is 40.0 cm³/mol. The van der Waals surface area contributed by atoms with Crippen molar-refractivity contribution < 1.29 is 0 Å². The Kier molecular flexibility index (Phi) is 3.20. The SMILES string of the molecule is C=C/C(NC)=C(/N)N=C. The van der Waals surface area contributed by atoms with E-state index in [2.05, 4.69) is 23.6 Å². The van der Waals surface area contributed by atoms with Crippen LogP contribution in [0.15, 0.2) is 29.2 Å². The number of nitrogens with two attached hydrogens (primary N) is 1. The van der Waals surface area contributed by atoms with Crippen molar-refractivity contribution in [1.29, 1.82) is 0 Å². The Morgan fingerprint density at radius 1 is 1.78 bits per heavy atom. The molecular weight excluding hydrogens is 114 g/mol. The molecular formula is C6H11N3. The van der Waals surface area contributed by atoms with Crippen LogP contribution in [0.4, 0.5) is 0 Å². The van der Waals surface area contributed by atoms with Gasteiger partial charge in [-0.05, 0) is 12.8 Å². The van der Waals surface area contributed by atoms with Gasteiger partial charge in [-0.15, -0.1) is 0 Å². The Morgan fingerprint density at radius 3 is 2.44 bits per heavy atom. The summed E-state index contributed by atoms with van der Waals surface area (Å²) in [6.45, 7) is 6.77. The molecule has 0 aliphatic rings. The van der Waals surface area contributed by atoms with E-state index in [9.17, 15) is 0 Å². The molecule has 3 heteroatoms. The molecule has 0 aromatic rings. The number of nitrogens with zero attached hydrogens (tertiary/aromatic N) is 1. The predicted octanol–water partition coefficient (Wildman–Crippen LogP) is 0.220. The van der Waals surface area contributed by atoms with Crippen LogP contribution < -0.4 is 11.1 Å². The molecule has 0 aromatic heterocycles. The van der Waals surface area contributed by atoms with E-state index in [1.165, 1.54) is 0 Å². The Labute approximate surface area is 55.0 Å². The van der Waals surface area contributed by atoms with Crippen LogP contribution in [0.25, 0.3) is 0 Å². The number of rotatable bonds is 3. The fourth-order valence-electron chi connectivity index (χ4n) is 0.420. The molecule has 0 spiro atoms. The summed E-state index contributed by atoms with van der Waals surface area (Å²) in [7, 11) is 1.75. The Hall–Kier alpha value is -1.25. The first-order chi connectivity index (χ1) is 4.26. The third-order valence-electron chi connectivity index (χ3n) is 0.920. The molecule has 0 radical (unpaired) electrons. The molecule has 0 heterocycles. The maximum absolute atomic E-state index is 5.35. The van der Waals surface area contributed by atoms with Crippen LogP contribution in [0.1, 0.15) is 0 Å². The average molecular weight is 125 g/mol. The largest absolute Gasteiger partial charge is 0.385 e. The van der Waals surface area contributed by atoms with Gasteiger partial charge in [-0.2, -0.15) is 0 Å². The van der Waals surface area contributed by atoms with Crippen molar-refractivity contribution in [1.82, 2.24) is 5.32 Å². The minimum Gasteiger partial charge on any atom is -0.385 e. The number of hydrogen-bond acceptors (Lipinski definition) is 3. The maximum atomic E-state index is 5.35. The van der Waals surface area contributed by atoms with Gasteiger partial charge >= 0.3 is 0 Å². The van der Waals surface area contributed by atoms with Crippen LogP contribution in [-0.2, 0) is 0 Å². The van der Waals surface area contributed by atoms with Gasteiger partial charge < -0.3 is 11.1 Å². The molecule has 0 fully saturated rings. The summed E-state index contributed by atoms with van der Waals surface area (Å²) in [6, 6.07) is 0. The molecule has 50 valence electrons. The van der Waals surface area contributed by atoms with Crippen molar-refractivity contribution in [2.24, 2.45) is 10.7 Å². The molecule has 0 saturated heterocycles. The van der Waals surface area contributed by atoms with Gasteiger partial charge in [0, 0.05) is 7.05 Å². The quantitative estimate of drug-likeness (QED) is 0.419. The van der Waals surface area contributed by atoms with Crippen LogP contribution in [0.2, 0.25) is 0 Å². The van der Waals surface area contributed by atoms with Crippen LogP contribution in [0.5, 0.6) is 0 Å². The number of aliphatic imine (C=N–C) groups is 1. The molecule has 0 aliphatic carbocycles. The molecule has 0 aliphatic heterocycles. The van der Waals surface area contributed by atoms with E-state index in [-0.39, 0.29) is 0 Å². The summed E-state index contributed by atoms with van der Waals surface area (Å²) in [6.07, 6.45) is 1.59. The highest BCUT2D eigenvalue weighted by Crippen LogP contribution is 1.93. The summed E-state index contributed by atoms with van der Waals surface area (Å²) < 4.78 is 0. The molecule has 3 nitrogen and oxygen atoms in total.